The number of amides is 1. The van der Waals surface area contributed by atoms with Crippen molar-refractivity contribution in [2.24, 2.45) is 11.7 Å². The third-order valence-electron chi connectivity index (χ3n) is 4.34. The standard InChI is InChI=1S/C16H25N3OS/c1-2-9-19-16(15(17)20)8-3-4-13(16)7-12-21-14-5-10-18-11-6-14/h5-6,10-11,13,19H,2-4,7-9,12H2,1H3,(H2,17,20). The minimum atomic E-state index is -0.477. The van der Waals surface area contributed by atoms with Gasteiger partial charge in [-0.3, -0.25) is 9.78 Å². The molecule has 0 aromatic carbocycles. The van der Waals surface area contributed by atoms with Crippen molar-refractivity contribution in [1.29, 1.82) is 0 Å². The summed E-state index contributed by atoms with van der Waals surface area (Å²) in [4.78, 5) is 17.3. The molecule has 0 aliphatic heterocycles. The number of nitrogens with one attached hydrogen (secondary N) is 1. The highest BCUT2D eigenvalue weighted by atomic mass is 32.2. The van der Waals surface area contributed by atoms with E-state index in [4.69, 9.17) is 5.73 Å². The Morgan fingerprint density at radius 1 is 1.52 bits per heavy atom. The Bertz CT molecular complexity index is 454. The van der Waals surface area contributed by atoms with Crippen molar-refractivity contribution in [3.05, 3.63) is 24.5 Å². The van der Waals surface area contributed by atoms with Crippen molar-refractivity contribution in [2.45, 2.75) is 49.5 Å². The van der Waals surface area contributed by atoms with E-state index in [0.29, 0.717) is 5.92 Å². The topological polar surface area (TPSA) is 68.0 Å². The van der Waals surface area contributed by atoms with Crippen LogP contribution in [0.3, 0.4) is 0 Å². The second-order valence-corrected chi connectivity index (χ2v) is 6.84. The molecule has 4 nitrogen and oxygen atoms in total. The third kappa shape index (κ3) is 3.98. The van der Waals surface area contributed by atoms with E-state index in [1.807, 2.05) is 36.3 Å². The van der Waals surface area contributed by atoms with Gasteiger partial charge in [-0.25, -0.2) is 0 Å². The molecule has 1 amide bonds. The van der Waals surface area contributed by atoms with Crippen LogP contribution in [0.1, 0.15) is 39.0 Å². The molecular formula is C16H25N3OS. The lowest BCUT2D eigenvalue weighted by atomic mass is 9.84. The summed E-state index contributed by atoms with van der Waals surface area (Å²) in [6.45, 7) is 2.97. The molecule has 3 N–H and O–H groups in total. The van der Waals surface area contributed by atoms with E-state index in [1.54, 1.807) is 0 Å². The highest BCUT2D eigenvalue weighted by Crippen LogP contribution is 2.39. The number of rotatable bonds is 8. The molecule has 2 atom stereocenters. The Kier molecular flexibility index (Phi) is 6.06. The fraction of sp³-hybridized carbons (Fsp3) is 0.625. The molecule has 2 unspecified atom stereocenters. The predicted molar refractivity (Wildman–Crippen MR) is 87.1 cm³/mol. The molecule has 116 valence electrons. The Morgan fingerprint density at radius 2 is 2.29 bits per heavy atom. The highest BCUT2D eigenvalue weighted by Gasteiger charge is 2.46. The minimum absolute atomic E-state index is 0.174. The van der Waals surface area contributed by atoms with Gasteiger partial charge in [0.15, 0.2) is 0 Å². The molecule has 1 fully saturated rings. The van der Waals surface area contributed by atoms with Gasteiger partial charge in [-0.1, -0.05) is 13.3 Å². The van der Waals surface area contributed by atoms with Crippen LogP contribution in [0.4, 0.5) is 0 Å². The molecule has 5 heteroatoms. The molecule has 1 aromatic rings. The molecule has 21 heavy (non-hydrogen) atoms. The number of hydrogen-bond donors (Lipinski definition) is 2. The van der Waals surface area contributed by atoms with Crippen molar-refractivity contribution in [3.63, 3.8) is 0 Å². The van der Waals surface area contributed by atoms with E-state index in [1.165, 1.54) is 4.90 Å². The summed E-state index contributed by atoms with van der Waals surface area (Å²) < 4.78 is 0. The molecule has 2 rings (SSSR count). The summed E-state index contributed by atoms with van der Waals surface area (Å²) in [5.41, 5.74) is 5.25. The maximum Gasteiger partial charge on any atom is 0.238 e. The zero-order valence-corrected chi connectivity index (χ0v) is 13.5. The SMILES string of the molecule is CCCNC1(C(N)=O)CCCC1CCSc1ccncc1. The summed E-state index contributed by atoms with van der Waals surface area (Å²) in [5, 5.41) is 3.45. The van der Waals surface area contributed by atoms with Gasteiger partial charge in [0, 0.05) is 17.3 Å². The molecule has 1 saturated carbocycles. The number of primary amides is 1. The lowest BCUT2D eigenvalue weighted by Gasteiger charge is -2.33. The number of nitrogens with zero attached hydrogens (tertiary/aromatic N) is 1. The van der Waals surface area contributed by atoms with Crippen molar-refractivity contribution in [1.82, 2.24) is 10.3 Å². The number of hydrogen-bond acceptors (Lipinski definition) is 4. The van der Waals surface area contributed by atoms with E-state index < -0.39 is 5.54 Å². The van der Waals surface area contributed by atoms with Crippen molar-refractivity contribution < 1.29 is 4.79 Å². The lowest BCUT2D eigenvalue weighted by Crippen LogP contribution is -2.58. The van der Waals surface area contributed by atoms with Gasteiger partial charge in [-0.15, -0.1) is 11.8 Å². The quantitative estimate of drug-likeness (QED) is 0.724. The van der Waals surface area contributed by atoms with E-state index in [9.17, 15) is 4.79 Å². The van der Waals surface area contributed by atoms with E-state index in [2.05, 4.69) is 17.2 Å². The van der Waals surface area contributed by atoms with Gasteiger partial charge >= 0.3 is 0 Å². The number of carbonyl (C=O) groups excluding carboxylic acids is 1. The normalized spacial score (nSPS) is 25.1. The van der Waals surface area contributed by atoms with Crippen molar-refractivity contribution in [3.8, 4) is 0 Å². The number of carbonyl (C=O) groups is 1. The third-order valence-corrected chi connectivity index (χ3v) is 5.38. The van der Waals surface area contributed by atoms with E-state index in [-0.39, 0.29) is 5.91 Å². The summed E-state index contributed by atoms with van der Waals surface area (Å²) >= 11 is 1.82. The molecular weight excluding hydrogens is 282 g/mol. The molecule has 0 radical (unpaired) electrons. The van der Waals surface area contributed by atoms with Crippen LogP contribution >= 0.6 is 11.8 Å². The predicted octanol–water partition coefficient (Wildman–Crippen LogP) is 2.59. The van der Waals surface area contributed by atoms with Crippen LogP contribution in [0.2, 0.25) is 0 Å². The van der Waals surface area contributed by atoms with E-state index in [0.717, 1.165) is 44.4 Å². The largest absolute Gasteiger partial charge is 0.368 e. The van der Waals surface area contributed by atoms with Crippen molar-refractivity contribution in [2.75, 3.05) is 12.3 Å². The van der Waals surface area contributed by atoms with Crippen LogP contribution in [0.15, 0.2) is 29.4 Å². The fourth-order valence-corrected chi connectivity index (χ4v) is 4.17. The molecule has 0 spiro atoms. The lowest BCUT2D eigenvalue weighted by molar-refractivity contribution is -0.126. The van der Waals surface area contributed by atoms with Crippen LogP contribution in [0, 0.1) is 5.92 Å². The van der Waals surface area contributed by atoms with Gasteiger partial charge in [-0.2, -0.15) is 0 Å². The van der Waals surface area contributed by atoms with Gasteiger partial charge in [-0.05, 0) is 56.0 Å². The zero-order chi connectivity index (χ0) is 15.1. The Labute approximate surface area is 131 Å². The van der Waals surface area contributed by atoms with Gasteiger partial charge < -0.3 is 11.1 Å². The minimum Gasteiger partial charge on any atom is -0.368 e. The van der Waals surface area contributed by atoms with Crippen molar-refractivity contribution >= 4 is 17.7 Å². The van der Waals surface area contributed by atoms with Crippen LogP contribution in [-0.2, 0) is 4.79 Å². The van der Waals surface area contributed by atoms with E-state index >= 15 is 0 Å². The molecule has 1 aromatic heterocycles. The molecule has 1 heterocycles. The monoisotopic (exact) mass is 307 g/mol. The first-order valence-electron chi connectivity index (χ1n) is 7.77. The second-order valence-electron chi connectivity index (χ2n) is 5.67. The Morgan fingerprint density at radius 3 is 2.95 bits per heavy atom. The van der Waals surface area contributed by atoms with Gasteiger partial charge in [0.25, 0.3) is 0 Å². The maximum atomic E-state index is 12.0. The number of thioether (sulfide) groups is 1. The molecule has 1 aliphatic rings. The smallest absolute Gasteiger partial charge is 0.238 e. The maximum absolute atomic E-state index is 12.0. The summed E-state index contributed by atoms with van der Waals surface area (Å²) in [6, 6.07) is 4.05. The van der Waals surface area contributed by atoms with Gasteiger partial charge in [0.1, 0.15) is 5.54 Å². The first-order chi connectivity index (χ1) is 10.2. The highest BCUT2D eigenvalue weighted by molar-refractivity contribution is 7.99. The number of nitrogens with two attached hydrogens (primary N) is 1. The number of aromatic nitrogens is 1. The van der Waals surface area contributed by atoms with Crippen LogP contribution in [-0.4, -0.2) is 28.7 Å². The van der Waals surface area contributed by atoms with Crippen LogP contribution in [0.5, 0.6) is 0 Å². The fourth-order valence-electron chi connectivity index (χ4n) is 3.21. The van der Waals surface area contributed by atoms with Gasteiger partial charge in [0.05, 0.1) is 0 Å². The Hall–Kier alpha value is -1.07. The summed E-state index contributed by atoms with van der Waals surface area (Å²) in [5.74, 6) is 1.19. The van der Waals surface area contributed by atoms with Gasteiger partial charge in [0.2, 0.25) is 5.91 Å². The van der Waals surface area contributed by atoms with Crippen LogP contribution in [0.25, 0.3) is 0 Å². The summed E-state index contributed by atoms with van der Waals surface area (Å²) in [6.07, 6.45) is 8.73. The first-order valence-corrected chi connectivity index (χ1v) is 8.75. The average Bonchev–Trinajstić information content (AvgIpc) is 2.90. The average molecular weight is 307 g/mol. The van der Waals surface area contributed by atoms with Crippen LogP contribution < -0.4 is 11.1 Å². The number of pyridine rings is 1. The summed E-state index contributed by atoms with van der Waals surface area (Å²) in [7, 11) is 0. The molecule has 0 bridgehead atoms. The Balaban J connectivity index is 1.92. The second kappa shape index (κ2) is 7.80. The molecule has 1 aliphatic carbocycles. The first kappa shape index (κ1) is 16.3. The zero-order valence-electron chi connectivity index (χ0n) is 12.7. The molecule has 0 saturated heterocycles.